The third-order valence-corrected chi connectivity index (χ3v) is 6.81. The molecule has 0 fully saturated rings. The third kappa shape index (κ3) is 6.06. The first-order valence-electron chi connectivity index (χ1n) is 9.71. The normalized spacial score (nSPS) is 11.8. The number of aryl methyl sites for hydroxylation is 2. The molecular weight excluding hydrogens is 477 g/mol. The number of alkyl halides is 3. The van der Waals surface area contributed by atoms with E-state index in [9.17, 15) is 26.4 Å². The van der Waals surface area contributed by atoms with Gasteiger partial charge in [0.15, 0.2) is 0 Å². The van der Waals surface area contributed by atoms with E-state index in [0.717, 1.165) is 29.3 Å². The molecule has 0 unspecified atom stereocenters. The highest BCUT2D eigenvalue weighted by Gasteiger charge is 2.30. The number of nitrogens with one attached hydrogen (secondary N) is 2. The maximum absolute atomic E-state index is 12.9. The van der Waals surface area contributed by atoms with Gasteiger partial charge in [-0.2, -0.15) is 13.2 Å². The molecule has 0 aromatic heterocycles. The van der Waals surface area contributed by atoms with Gasteiger partial charge in [0.1, 0.15) is 4.90 Å². The molecule has 0 aliphatic rings. The zero-order valence-electron chi connectivity index (χ0n) is 17.6. The van der Waals surface area contributed by atoms with Crippen molar-refractivity contribution >= 4 is 33.2 Å². The van der Waals surface area contributed by atoms with E-state index in [0.29, 0.717) is 5.69 Å². The van der Waals surface area contributed by atoms with Gasteiger partial charge in [-0.05, 0) is 73.0 Å². The average Bonchev–Trinajstić information content (AvgIpc) is 2.74. The van der Waals surface area contributed by atoms with Crippen LogP contribution in [0.3, 0.4) is 0 Å². The van der Waals surface area contributed by atoms with Crippen molar-refractivity contribution < 1.29 is 26.4 Å². The summed E-state index contributed by atoms with van der Waals surface area (Å²) in [5, 5.41) is 2.41. The first-order chi connectivity index (χ1) is 15.4. The van der Waals surface area contributed by atoms with Crippen molar-refractivity contribution in [3.05, 3.63) is 93.5 Å². The lowest BCUT2D eigenvalue weighted by Gasteiger charge is -2.13. The molecule has 0 saturated heterocycles. The molecular formula is C23H20ClF3N2O3S. The van der Waals surface area contributed by atoms with E-state index in [4.69, 9.17) is 11.6 Å². The van der Waals surface area contributed by atoms with Crippen LogP contribution in [0.2, 0.25) is 5.02 Å². The van der Waals surface area contributed by atoms with Gasteiger partial charge in [0.2, 0.25) is 0 Å². The van der Waals surface area contributed by atoms with Crippen LogP contribution < -0.4 is 10.0 Å². The molecule has 3 aromatic carbocycles. The van der Waals surface area contributed by atoms with Crippen molar-refractivity contribution in [2.45, 2.75) is 31.5 Å². The Morgan fingerprint density at radius 1 is 0.970 bits per heavy atom. The van der Waals surface area contributed by atoms with E-state index >= 15 is 0 Å². The second kappa shape index (κ2) is 9.44. The number of benzene rings is 3. The van der Waals surface area contributed by atoms with E-state index in [1.165, 1.54) is 24.3 Å². The summed E-state index contributed by atoms with van der Waals surface area (Å²) in [6.45, 7) is 3.57. The van der Waals surface area contributed by atoms with Crippen LogP contribution in [-0.2, 0) is 22.7 Å². The first-order valence-corrected chi connectivity index (χ1v) is 11.6. The number of rotatable bonds is 6. The Kier molecular flexibility index (Phi) is 7.04. The highest BCUT2D eigenvalue weighted by atomic mass is 35.5. The molecule has 0 radical (unpaired) electrons. The van der Waals surface area contributed by atoms with Crippen LogP contribution in [0.15, 0.2) is 65.6 Å². The summed E-state index contributed by atoms with van der Waals surface area (Å²) in [5.74, 6) is -0.660. The van der Waals surface area contributed by atoms with Crippen LogP contribution in [-0.4, -0.2) is 14.3 Å². The van der Waals surface area contributed by atoms with Crippen LogP contribution in [0.1, 0.15) is 32.6 Å². The molecule has 3 aromatic rings. The Morgan fingerprint density at radius 2 is 1.70 bits per heavy atom. The molecule has 2 N–H and O–H groups in total. The first kappa shape index (κ1) is 24.6. The number of hydrogen-bond acceptors (Lipinski definition) is 3. The summed E-state index contributed by atoms with van der Waals surface area (Å²) in [4.78, 5) is 12.2. The Balaban J connectivity index is 1.79. The molecule has 0 aliphatic carbocycles. The number of amides is 1. The van der Waals surface area contributed by atoms with Crippen LogP contribution >= 0.6 is 11.6 Å². The average molecular weight is 497 g/mol. The van der Waals surface area contributed by atoms with Crippen molar-refractivity contribution in [1.29, 1.82) is 0 Å². The number of hydrogen-bond donors (Lipinski definition) is 2. The van der Waals surface area contributed by atoms with Crippen molar-refractivity contribution in [3.63, 3.8) is 0 Å². The lowest BCUT2D eigenvalue weighted by atomic mass is 10.1. The maximum Gasteiger partial charge on any atom is 0.416 e. The van der Waals surface area contributed by atoms with Crippen molar-refractivity contribution in [2.24, 2.45) is 0 Å². The molecule has 10 heteroatoms. The van der Waals surface area contributed by atoms with Gasteiger partial charge in [-0.3, -0.25) is 9.52 Å². The van der Waals surface area contributed by atoms with Gasteiger partial charge in [0.05, 0.1) is 10.6 Å². The Hall–Kier alpha value is -3.04. The molecule has 1 amide bonds. The molecule has 0 aliphatic heterocycles. The van der Waals surface area contributed by atoms with Gasteiger partial charge in [0, 0.05) is 17.8 Å². The zero-order chi connectivity index (χ0) is 24.4. The molecule has 174 valence electrons. The predicted octanol–water partition coefficient (Wildman–Crippen LogP) is 5.71. The number of halogens is 4. The zero-order valence-corrected chi connectivity index (χ0v) is 19.2. The molecule has 33 heavy (non-hydrogen) atoms. The van der Waals surface area contributed by atoms with E-state index in [1.54, 1.807) is 18.2 Å². The smallest absolute Gasteiger partial charge is 0.348 e. The maximum atomic E-state index is 12.9. The SMILES string of the molecule is Cc1ccc(NS(=O)(=O)c2cc(C(=O)NCc3cccc(C(F)(F)F)c3)ccc2Cl)cc1C. The topological polar surface area (TPSA) is 75.3 Å². The van der Waals surface area contributed by atoms with Crippen LogP contribution in [0.4, 0.5) is 18.9 Å². The number of sulfonamides is 1. The Morgan fingerprint density at radius 3 is 2.36 bits per heavy atom. The van der Waals surface area contributed by atoms with Crippen LogP contribution in [0.5, 0.6) is 0 Å². The minimum Gasteiger partial charge on any atom is -0.348 e. The van der Waals surface area contributed by atoms with Gasteiger partial charge in [-0.25, -0.2) is 8.42 Å². The van der Waals surface area contributed by atoms with E-state index in [-0.39, 0.29) is 27.6 Å². The Bertz CT molecular complexity index is 1310. The number of anilines is 1. The second-order valence-electron chi connectivity index (χ2n) is 7.43. The van der Waals surface area contributed by atoms with Gasteiger partial charge >= 0.3 is 6.18 Å². The predicted molar refractivity (Wildman–Crippen MR) is 121 cm³/mol. The fraction of sp³-hybridized carbons (Fsp3) is 0.174. The van der Waals surface area contributed by atoms with Crippen molar-refractivity contribution in [3.8, 4) is 0 Å². The summed E-state index contributed by atoms with van der Waals surface area (Å²) >= 11 is 6.08. The quantitative estimate of drug-likeness (QED) is 0.459. The molecule has 5 nitrogen and oxygen atoms in total. The fourth-order valence-electron chi connectivity index (χ4n) is 3.01. The summed E-state index contributed by atoms with van der Waals surface area (Å²) in [6.07, 6.45) is -4.50. The number of carbonyl (C=O) groups excluding carboxylic acids is 1. The highest BCUT2D eigenvalue weighted by Crippen LogP contribution is 2.30. The Labute approximate surface area is 194 Å². The van der Waals surface area contributed by atoms with Gasteiger partial charge in [-0.15, -0.1) is 0 Å². The van der Waals surface area contributed by atoms with Crippen molar-refractivity contribution in [1.82, 2.24) is 5.32 Å². The molecule has 0 bridgehead atoms. The summed E-state index contributed by atoms with van der Waals surface area (Å²) in [6, 6.07) is 13.3. The third-order valence-electron chi connectivity index (χ3n) is 4.95. The van der Waals surface area contributed by atoms with E-state index in [2.05, 4.69) is 10.0 Å². The van der Waals surface area contributed by atoms with Gasteiger partial charge in [-0.1, -0.05) is 29.8 Å². The van der Waals surface area contributed by atoms with Crippen LogP contribution in [0, 0.1) is 13.8 Å². The highest BCUT2D eigenvalue weighted by molar-refractivity contribution is 7.92. The van der Waals surface area contributed by atoms with Gasteiger partial charge in [0.25, 0.3) is 15.9 Å². The summed E-state index contributed by atoms with van der Waals surface area (Å²) in [7, 11) is -4.11. The molecule has 0 heterocycles. The molecule has 0 atom stereocenters. The molecule has 3 rings (SSSR count). The summed E-state index contributed by atoms with van der Waals surface area (Å²) < 4.78 is 66.8. The second-order valence-corrected chi connectivity index (χ2v) is 9.49. The van der Waals surface area contributed by atoms with Crippen molar-refractivity contribution in [2.75, 3.05) is 4.72 Å². The minimum atomic E-state index is -4.50. The number of carbonyl (C=O) groups is 1. The molecule has 0 saturated carbocycles. The lowest BCUT2D eigenvalue weighted by Crippen LogP contribution is -2.23. The largest absolute Gasteiger partial charge is 0.416 e. The van der Waals surface area contributed by atoms with E-state index < -0.39 is 27.7 Å². The van der Waals surface area contributed by atoms with E-state index in [1.807, 2.05) is 13.8 Å². The van der Waals surface area contributed by atoms with Gasteiger partial charge < -0.3 is 5.32 Å². The monoisotopic (exact) mass is 496 g/mol. The summed E-state index contributed by atoms with van der Waals surface area (Å²) in [5.41, 5.74) is 1.64. The molecule has 0 spiro atoms. The standard InChI is InChI=1S/C23H20ClF3N2O3S/c1-14-6-8-19(10-15(14)2)29-33(31,32)21-12-17(7-9-20(21)24)22(30)28-13-16-4-3-5-18(11-16)23(25,26)27/h3-12,29H,13H2,1-2H3,(H,28,30). The van der Waals surface area contributed by atoms with Crippen LogP contribution in [0.25, 0.3) is 0 Å². The lowest BCUT2D eigenvalue weighted by molar-refractivity contribution is -0.137. The fourth-order valence-corrected chi connectivity index (χ4v) is 4.58. The minimum absolute atomic E-state index is 0.00756.